The van der Waals surface area contributed by atoms with Crippen LogP contribution in [0.2, 0.25) is 5.02 Å². The van der Waals surface area contributed by atoms with Crippen LogP contribution in [0.1, 0.15) is 10.4 Å². The molecule has 150 valence electrons. The van der Waals surface area contributed by atoms with E-state index < -0.39 is 5.54 Å². The molecule has 0 saturated heterocycles. The molecule has 4 aromatic rings. The van der Waals surface area contributed by atoms with Crippen molar-refractivity contribution in [1.29, 1.82) is 0 Å². The van der Waals surface area contributed by atoms with Gasteiger partial charge in [-0.1, -0.05) is 35.9 Å². The largest absolute Gasteiger partial charge is 0.474 e. The van der Waals surface area contributed by atoms with Gasteiger partial charge in [0.2, 0.25) is 5.90 Å². The number of ether oxygens (including phenoxy) is 1. The van der Waals surface area contributed by atoms with Gasteiger partial charge in [0.1, 0.15) is 18.0 Å². The van der Waals surface area contributed by atoms with Gasteiger partial charge in [0.15, 0.2) is 0 Å². The minimum absolute atomic E-state index is 0.273. The molecule has 7 heteroatoms. The molecule has 30 heavy (non-hydrogen) atoms. The zero-order chi connectivity index (χ0) is 20.6. The predicted octanol–water partition coefficient (Wildman–Crippen LogP) is 5.78. The summed E-state index contributed by atoms with van der Waals surface area (Å²) < 4.78 is 21.6. The van der Waals surface area contributed by atoms with E-state index in [1.807, 2.05) is 41.1 Å². The Bertz CT molecular complexity index is 1190. The first-order valence-corrected chi connectivity index (χ1v) is 10.6. The lowest BCUT2D eigenvalue weighted by Gasteiger charge is -2.25. The van der Waals surface area contributed by atoms with Gasteiger partial charge in [0, 0.05) is 22.3 Å². The van der Waals surface area contributed by atoms with E-state index in [4.69, 9.17) is 21.3 Å². The molecule has 0 aliphatic carbocycles. The maximum atomic E-state index is 13.5. The SMILES string of the molecule is Fc1ccc(C2(Cn3ccnc3)COC(c3ccc(-c4ccc(Cl)cc4)s3)=N2)cc1. The first-order chi connectivity index (χ1) is 14.6. The Kier molecular flexibility index (Phi) is 4.89. The first-order valence-electron chi connectivity index (χ1n) is 9.42. The van der Waals surface area contributed by atoms with Gasteiger partial charge in [-0.3, -0.25) is 0 Å². The maximum absolute atomic E-state index is 13.5. The number of imidazole rings is 1. The summed E-state index contributed by atoms with van der Waals surface area (Å²) in [5.41, 5.74) is 1.35. The quantitative estimate of drug-likeness (QED) is 0.397. The Labute approximate surface area is 182 Å². The fraction of sp³-hybridized carbons (Fsp3) is 0.130. The number of hydrogen-bond donors (Lipinski definition) is 0. The molecule has 1 aliphatic rings. The summed E-state index contributed by atoms with van der Waals surface area (Å²) in [7, 11) is 0. The van der Waals surface area contributed by atoms with Crippen molar-refractivity contribution in [2.24, 2.45) is 4.99 Å². The van der Waals surface area contributed by atoms with Gasteiger partial charge >= 0.3 is 0 Å². The number of nitrogens with zero attached hydrogens (tertiary/aromatic N) is 3. The lowest BCUT2D eigenvalue weighted by Crippen LogP contribution is -2.31. The molecular weight excluding hydrogens is 421 g/mol. The molecule has 1 unspecified atom stereocenters. The minimum Gasteiger partial charge on any atom is -0.474 e. The molecule has 0 saturated carbocycles. The minimum atomic E-state index is -0.645. The van der Waals surface area contributed by atoms with E-state index >= 15 is 0 Å². The number of hydrogen-bond acceptors (Lipinski definition) is 4. The van der Waals surface area contributed by atoms with E-state index in [1.54, 1.807) is 36.0 Å². The number of aliphatic imine (C=N–C) groups is 1. The summed E-state index contributed by atoms with van der Waals surface area (Å²) in [5, 5.41) is 0.711. The molecular formula is C23H17ClFN3OS. The zero-order valence-corrected chi connectivity index (χ0v) is 17.4. The first kappa shape index (κ1) is 19.0. The van der Waals surface area contributed by atoms with Crippen molar-refractivity contribution in [2.45, 2.75) is 12.1 Å². The van der Waals surface area contributed by atoms with Crippen LogP contribution < -0.4 is 0 Å². The average molecular weight is 438 g/mol. The maximum Gasteiger partial charge on any atom is 0.227 e. The summed E-state index contributed by atoms with van der Waals surface area (Å²) in [5.74, 6) is 0.329. The van der Waals surface area contributed by atoms with Crippen molar-refractivity contribution in [1.82, 2.24) is 9.55 Å². The Balaban J connectivity index is 1.51. The van der Waals surface area contributed by atoms with E-state index in [9.17, 15) is 4.39 Å². The molecule has 0 spiro atoms. The highest BCUT2D eigenvalue weighted by atomic mass is 35.5. The van der Waals surface area contributed by atoms with Crippen LogP contribution in [0.15, 0.2) is 84.4 Å². The van der Waals surface area contributed by atoms with Gasteiger partial charge in [-0.05, 0) is 47.5 Å². The van der Waals surface area contributed by atoms with Crippen LogP contribution >= 0.6 is 22.9 Å². The lowest BCUT2D eigenvalue weighted by molar-refractivity contribution is 0.236. The molecule has 0 radical (unpaired) electrons. The van der Waals surface area contributed by atoms with Crippen molar-refractivity contribution < 1.29 is 9.13 Å². The highest BCUT2D eigenvalue weighted by Gasteiger charge is 2.39. The molecule has 0 amide bonds. The molecule has 3 heterocycles. The van der Waals surface area contributed by atoms with E-state index in [1.165, 1.54) is 12.1 Å². The van der Waals surface area contributed by atoms with Gasteiger partial charge in [-0.25, -0.2) is 14.4 Å². The molecule has 0 N–H and O–H groups in total. The molecule has 0 bridgehead atoms. The van der Waals surface area contributed by atoms with Gasteiger partial charge < -0.3 is 9.30 Å². The zero-order valence-electron chi connectivity index (χ0n) is 15.8. The smallest absolute Gasteiger partial charge is 0.227 e. The van der Waals surface area contributed by atoms with Gasteiger partial charge in [0.05, 0.1) is 17.7 Å². The number of aromatic nitrogens is 2. The third-order valence-corrected chi connectivity index (χ3v) is 6.47. The van der Waals surface area contributed by atoms with Crippen molar-refractivity contribution in [3.63, 3.8) is 0 Å². The predicted molar refractivity (Wildman–Crippen MR) is 118 cm³/mol. The molecule has 2 aromatic carbocycles. The number of halogens is 2. The van der Waals surface area contributed by atoms with Gasteiger partial charge in [-0.2, -0.15) is 0 Å². The second-order valence-electron chi connectivity index (χ2n) is 7.15. The Morgan fingerprint density at radius 3 is 2.53 bits per heavy atom. The Morgan fingerprint density at radius 1 is 1.03 bits per heavy atom. The highest BCUT2D eigenvalue weighted by Crippen LogP contribution is 2.37. The van der Waals surface area contributed by atoms with Gasteiger partial charge in [-0.15, -0.1) is 11.3 Å². The standard InChI is InChI=1S/C23H17ClFN3OS/c24-18-5-1-16(2-6-18)20-9-10-21(30-20)22-27-23(14-29-22,13-28-12-11-26-15-28)17-3-7-19(25)8-4-17/h1-12,15H,13-14H2. The molecule has 1 aliphatic heterocycles. The van der Waals surface area contributed by atoms with Crippen LogP contribution in [0.4, 0.5) is 4.39 Å². The second kappa shape index (κ2) is 7.70. The average Bonchev–Trinajstić information content (AvgIpc) is 3.51. The summed E-state index contributed by atoms with van der Waals surface area (Å²) >= 11 is 7.62. The topological polar surface area (TPSA) is 39.4 Å². The van der Waals surface area contributed by atoms with Crippen molar-refractivity contribution in [3.05, 3.63) is 101 Å². The van der Waals surface area contributed by atoms with Gasteiger partial charge in [0.25, 0.3) is 0 Å². The van der Waals surface area contributed by atoms with Crippen molar-refractivity contribution in [3.8, 4) is 10.4 Å². The van der Waals surface area contributed by atoms with E-state index in [-0.39, 0.29) is 5.82 Å². The highest BCUT2D eigenvalue weighted by molar-refractivity contribution is 7.17. The van der Waals surface area contributed by atoms with E-state index in [0.717, 1.165) is 20.9 Å². The van der Waals surface area contributed by atoms with Crippen LogP contribution in [0.5, 0.6) is 0 Å². The second-order valence-corrected chi connectivity index (χ2v) is 8.67. The Hall–Kier alpha value is -2.96. The normalized spacial score (nSPS) is 18.3. The molecule has 2 aromatic heterocycles. The number of thiophene rings is 1. The summed E-state index contributed by atoms with van der Waals surface area (Å²) in [6.45, 7) is 0.928. The van der Waals surface area contributed by atoms with Crippen LogP contribution in [-0.4, -0.2) is 22.1 Å². The number of benzene rings is 2. The van der Waals surface area contributed by atoms with Crippen molar-refractivity contribution >= 4 is 28.8 Å². The monoisotopic (exact) mass is 437 g/mol. The molecule has 1 atom stereocenters. The van der Waals surface area contributed by atoms with Crippen LogP contribution in [0.3, 0.4) is 0 Å². The molecule has 5 rings (SSSR count). The Morgan fingerprint density at radius 2 is 1.80 bits per heavy atom. The fourth-order valence-corrected chi connectivity index (χ4v) is 4.64. The van der Waals surface area contributed by atoms with Crippen molar-refractivity contribution in [2.75, 3.05) is 6.61 Å². The third kappa shape index (κ3) is 3.64. The van der Waals surface area contributed by atoms with Crippen LogP contribution in [0.25, 0.3) is 10.4 Å². The lowest BCUT2D eigenvalue weighted by atomic mass is 9.91. The molecule has 0 fully saturated rings. The summed E-state index contributed by atoms with van der Waals surface area (Å²) in [6.07, 6.45) is 5.38. The summed E-state index contributed by atoms with van der Waals surface area (Å²) in [6, 6.07) is 18.3. The number of rotatable bonds is 5. The molecule has 4 nitrogen and oxygen atoms in total. The van der Waals surface area contributed by atoms with E-state index in [0.29, 0.717) is 24.1 Å². The van der Waals surface area contributed by atoms with E-state index in [2.05, 4.69) is 11.1 Å². The van der Waals surface area contributed by atoms with Crippen LogP contribution in [0, 0.1) is 5.82 Å². The van der Waals surface area contributed by atoms with Crippen LogP contribution in [-0.2, 0) is 16.8 Å². The summed E-state index contributed by atoms with van der Waals surface area (Å²) in [4.78, 5) is 11.2. The third-order valence-electron chi connectivity index (χ3n) is 5.09. The fourth-order valence-electron chi connectivity index (χ4n) is 3.56.